The quantitative estimate of drug-likeness (QED) is 0.852. The van der Waals surface area contributed by atoms with Gasteiger partial charge >= 0.3 is 11.9 Å². The van der Waals surface area contributed by atoms with Gasteiger partial charge in [-0.05, 0) is 41.0 Å². The third kappa shape index (κ3) is 4.09. The van der Waals surface area contributed by atoms with Crippen molar-refractivity contribution in [2.75, 3.05) is 5.73 Å². The van der Waals surface area contributed by atoms with Crippen molar-refractivity contribution in [1.82, 2.24) is 19.8 Å². The zero-order valence-electron chi connectivity index (χ0n) is 12.0. The summed E-state index contributed by atoms with van der Waals surface area (Å²) < 4.78 is 38.3. The van der Waals surface area contributed by atoms with E-state index in [0.29, 0.717) is 5.69 Å². The van der Waals surface area contributed by atoms with Gasteiger partial charge in [0.15, 0.2) is 0 Å². The van der Waals surface area contributed by atoms with Crippen molar-refractivity contribution in [3.8, 4) is 0 Å². The molecule has 0 atom stereocenters. The summed E-state index contributed by atoms with van der Waals surface area (Å²) in [6, 6.07) is 5.31. The molecule has 0 amide bonds. The average Bonchev–Trinajstić information content (AvgIpc) is 2.75. The van der Waals surface area contributed by atoms with Crippen LogP contribution in [0.3, 0.4) is 0 Å². The van der Waals surface area contributed by atoms with Crippen LogP contribution in [-0.2, 0) is 13.1 Å². The van der Waals surface area contributed by atoms with E-state index in [-0.39, 0.29) is 19.5 Å². The Morgan fingerprint density at radius 1 is 1.23 bits per heavy atom. The largest absolute Gasteiger partial charge is 0.399 e. The Morgan fingerprint density at radius 3 is 2.55 bits per heavy atom. The lowest BCUT2D eigenvalue weighted by Crippen LogP contribution is -2.26. The zero-order chi connectivity index (χ0) is 16.3. The third-order valence-corrected chi connectivity index (χ3v) is 3.19. The van der Waals surface area contributed by atoms with Crippen molar-refractivity contribution >= 4 is 5.69 Å². The molecule has 0 fully saturated rings. The van der Waals surface area contributed by atoms with Crippen molar-refractivity contribution in [3.05, 3.63) is 39.8 Å². The fourth-order valence-corrected chi connectivity index (χ4v) is 1.98. The summed E-state index contributed by atoms with van der Waals surface area (Å²) in [5.41, 5.74) is 7.52. The number of halogens is 3. The van der Waals surface area contributed by atoms with Crippen LogP contribution in [0.5, 0.6) is 0 Å². The van der Waals surface area contributed by atoms with Gasteiger partial charge in [-0.2, -0.15) is 22.5 Å². The molecule has 0 unspecified atom stereocenters. The Bertz CT molecular complexity index is 704. The molecule has 2 rings (SSSR count). The van der Waals surface area contributed by atoms with Crippen molar-refractivity contribution in [2.45, 2.75) is 39.0 Å². The van der Waals surface area contributed by atoms with Gasteiger partial charge in [-0.1, -0.05) is 12.1 Å². The van der Waals surface area contributed by atoms with Crippen molar-refractivity contribution in [1.29, 1.82) is 0 Å². The van der Waals surface area contributed by atoms with E-state index in [0.717, 1.165) is 20.5 Å². The highest BCUT2D eigenvalue weighted by Gasteiger charge is 2.26. The number of nitrogens with zero attached hydrogens (tertiary/aromatic N) is 4. The first-order valence-corrected chi connectivity index (χ1v) is 6.68. The molecule has 0 aliphatic heterocycles. The Balaban J connectivity index is 2.04. The number of benzene rings is 1. The van der Waals surface area contributed by atoms with Crippen LogP contribution in [0.15, 0.2) is 23.0 Å². The van der Waals surface area contributed by atoms with Gasteiger partial charge in [-0.15, -0.1) is 0 Å². The SMILES string of the molecule is Cc1cc(Cn2nnn(CCCC(F)(F)F)c2=O)ccc1N. The lowest BCUT2D eigenvalue weighted by atomic mass is 10.1. The fraction of sp³-hybridized carbons (Fsp3) is 0.462. The number of aryl methyl sites for hydroxylation is 2. The molecule has 0 aliphatic carbocycles. The predicted molar refractivity (Wildman–Crippen MR) is 74.3 cm³/mol. The Kier molecular flexibility index (Phi) is 4.53. The molecule has 9 heteroatoms. The summed E-state index contributed by atoms with van der Waals surface area (Å²) in [6.07, 6.45) is -5.40. The Labute approximate surface area is 124 Å². The molecule has 0 radical (unpaired) electrons. The number of hydrogen-bond acceptors (Lipinski definition) is 4. The van der Waals surface area contributed by atoms with E-state index in [1.54, 1.807) is 12.1 Å². The van der Waals surface area contributed by atoms with E-state index in [1.807, 2.05) is 13.0 Å². The second kappa shape index (κ2) is 6.20. The van der Waals surface area contributed by atoms with Crippen LogP contribution in [0.2, 0.25) is 0 Å². The average molecular weight is 315 g/mol. The maximum absolute atomic E-state index is 12.1. The van der Waals surface area contributed by atoms with Crippen LogP contribution in [0, 0.1) is 6.92 Å². The van der Waals surface area contributed by atoms with E-state index >= 15 is 0 Å². The summed E-state index contributed by atoms with van der Waals surface area (Å²) in [7, 11) is 0. The third-order valence-electron chi connectivity index (χ3n) is 3.19. The van der Waals surface area contributed by atoms with Gasteiger partial charge < -0.3 is 5.73 Å². The summed E-state index contributed by atoms with van der Waals surface area (Å²) >= 11 is 0. The van der Waals surface area contributed by atoms with Gasteiger partial charge in [0.1, 0.15) is 0 Å². The predicted octanol–water partition coefficient (Wildman–Crippen LogP) is 1.72. The van der Waals surface area contributed by atoms with Gasteiger partial charge in [0.05, 0.1) is 6.54 Å². The minimum absolute atomic E-state index is 0.112. The van der Waals surface area contributed by atoms with Gasteiger partial charge in [-0.3, -0.25) is 0 Å². The molecule has 1 heterocycles. The molecule has 0 bridgehead atoms. The van der Waals surface area contributed by atoms with E-state index in [9.17, 15) is 18.0 Å². The monoisotopic (exact) mass is 315 g/mol. The molecular weight excluding hydrogens is 299 g/mol. The van der Waals surface area contributed by atoms with E-state index in [1.165, 1.54) is 0 Å². The molecule has 1 aromatic heterocycles. The van der Waals surface area contributed by atoms with Gasteiger partial charge in [0.25, 0.3) is 0 Å². The maximum Gasteiger partial charge on any atom is 0.389 e. The first-order valence-electron chi connectivity index (χ1n) is 6.68. The Hall–Kier alpha value is -2.32. The van der Waals surface area contributed by atoms with Crippen molar-refractivity contribution in [2.24, 2.45) is 0 Å². The van der Waals surface area contributed by atoms with E-state index < -0.39 is 18.3 Å². The highest BCUT2D eigenvalue weighted by molar-refractivity contribution is 5.47. The first kappa shape index (κ1) is 16.1. The van der Waals surface area contributed by atoms with Crippen LogP contribution < -0.4 is 11.4 Å². The first-order chi connectivity index (χ1) is 10.3. The molecule has 2 N–H and O–H groups in total. The molecule has 120 valence electrons. The van der Waals surface area contributed by atoms with Gasteiger partial charge in [0, 0.05) is 18.7 Å². The van der Waals surface area contributed by atoms with Gasteiger partial charge in [0.2, 0.25) is 0 Å². The number of rotatable bonds is 5. The van der Waals surface area contributed by atoms with Crippen LogP contribution in [0.4, 0.5) is 18.9 Å². The molecule has 22 heavy (non-hydrogen) atoms. The standard InChI is InChI=1S/C13H16F3N5O/c1-9-7-10(3-4-11(9)17)8-21-12(22)20(18-19-21)6-2-5-13(14,15)16/h3-4,7H,2,5-6,8,17H2,1H3. The maximum atomic E-state index is 12.1. The number of tetrazole rings is 1. The molecule has 1 aromatic carbocycles. The summed E-state index contributed by atoms with van der Waals surface area (Å²) in [5.74, 6) is 0. The summed E-state index contributed by atoms with van der Waals surface area (Å²) in [4.78, 5) is 12.0. The fourth-order valence-electron chi connectivity index (χ4n) is 1.98. The molecular formula is C13H16F3N5O. The number of nitrogens with two attached hydrogens (primary N) is 1. The highest BCUT2D eigenvalue weighted by Crippen LogP contribution is 2.21. The summed E-state index contributed by atoms with van der Waals surface area (Å²) in [5, 5.41) is 7.28. The number of aromatic nitrogens is 4. The Morgan fingerprint density at radius 2 is 1.91 bits per heavy atom. The number of nitrogen functional groups attached to an aromatic ring is 1. The van der Waals surface area contributed by atoms with Gasteiger partial charge in [-0.25, -0.2) is 4.79 Å². The molecule has 6 nitrogen and oxygen atoms in total. The molecule has 0 aliphatic rings. The second-order valence-corrected chi connectivity index (χ2v) is 5.05. The summed E-state index contributed by atoms with van der Waals surface area (Å²) in [6.45, 7) is 1.92. The number of hydrogen-bond donors (Lipinski definition) is 1. The molecule has 2 aromatic rings. The van der Waals surface area contributed by atoms with Crippen LogP contribution in [0.25, 0.3) is 0 Å². The molecule has 0 spiro atoms. The number of anilines is 1. The zero-order valence-corrected chi connectivity index (χ0v) is 12.0. The van der Waals surface area contributed by atoms with Crippen LogP contribution in [-0.4, -0.2) is 26.0 Å². The molecule has 0 saturated heterocycles. The lowest BCUT2D eigenvalue weighted by molar-refractivity contribution is -0.136. The minimum Gasteiger partial charge on any atom is -0.399 e. The van der Waals surface area contributed by atoms with Crippen LogP contribution >= 0.6 is 0 Å². The van der Waals surface area contributed by atoms with E-state index in [2.05, 4.69) is 10.4 Å². The minimum atomic E-state index is -4.24. The number of alkyl halides is 3. The van der Waals surface area contributed by atoms with Crippen LogP contribution in [0.1, 0.15) is 24.0 Å². The topological polar surface area (TPSA) is 78.7 Å². The smallest absolute Gasteiger partial charge is 0.389 e. The lowest BCUT2D eigenvalue weighted by Gasteiger charge is -2.05. The highest BCUT2D eigenvalue weighted by atomic mass is 19.4. The van der Waals surface area contributed by atoms with E-state index in [4.69, 9.17) is 5.73 Å². The van der Waals surface area contributed by atoms with Crippen molar-refractivity contribution in [3.63, 3.8) is 0 Å². The second-order valence-electron chi connectivity index (χ2n) is 5.05. The molecule has 0 saturated carbocycles. The normalized spacial score (nSPS) is 11.8. The van der Waals surface area contributed by atoms with Crippen molar-refractivity contribution < 1.29 is 13.2 Å².